The number of hydrogen-bond acceptors (Lipinski definition) is 4. The molecule has 118 valence electrons. The molecule has 5 nitrogen and oxygen atoms in total. The van der Waals surface area contributed by atoms with Gasteiger partial charge in [0.1, 0.15) is 0 Å². The zero-order chi connectivity index (χ0) is 15.1. The molecule has 1 aliphatic heterocycles. The second kappa shape index (κ2) is 7.87. The van der Waals surface area contributed by atoms with Crippen molar-refractivity contribution in [2.24, 2.45) is 5.92 Å². The lowest BCUT2D eigenvalue weighted by atomic mass is 9.98. The van der Waals surface area contributed by atoms with Crippen LogP contribution in [-0.2, 0) is 16.4 Å². The summed E-state index contributed by atoms with van der Waals surface area (Å²) in [5.41, 5.74) is 1.02. The van der Waals surface area contributed by atoms with Gasteiger partial charge in [0.05, 0.1) is 5.75 Å². The molecule has 0 unspecified atom stereocenters. The van der Waals surface area contributed by atoms with Gasteiger partial charge in [-0.25, -0.2) is 12.7 Å². The highest BCUT2D eigenvalue weighted by atomic mass is 32.2. The summed E-state index contributed by atoms with van der Waals surface area (Å²) in [5.74, 6) is 0.664. The normalized spacial score (nSPS) is 17.2. The molecule has 1 aliphatic rings. The molecule has 2 heterocycles. The first-order chi connectivity index (χ1) is 10.1. The first kappa shape index (κ1) is 16.4. The monoisotopic (exact) mass is 311 g/mol. The number of sulfonamides is 1. The number of nitrogens with one attached hydrogen (secondary N) is 1. The largest absolute Gasteiger partial charge is 0.317 e. The first-order valence-corrected chi connectivity index (χ1v) is 9.30. The van der Waals surface area contributed by atoms with E-state index in [1.54, 1.807) is 16.7 Å². The van der Waals surface area contributed by atoms with Crippen molar-refractivity contribution >= 4 is 10.0 Å². The van der Waals surface area contributed by atoms with Crippen LogP contribution in [0.5, 0.6) is 0 Å². The van der Waals surface area contributed by atoms with Gasteiger partial charge in [-0.2, -0.15) is 0 Å². The molecule has 21 heavy (non-hydrogen) atoms. The molecular weight excluding hydrogens is 286 g/mol. The topological polar surface area (TPSA) is 62.3 Å². The van der Waals surface area contributed by atoms with Crippen molar-refractivity contribution in [3.05, 3.63) is 30.1 Å². The highest BCUT2D eigenvalue weighted by Crippen LogP contribution is 2.16. The Kier molecular flexibility index (Phi) is 6.14. The highest BCUT2D eigenvalue weighted by Gasteiger charge is 2.24. The number of pyridine rings is 1. The van der Waals surface area contributed by atoms with Crippen molar-refractivity contribution < 1.29 is 8.42 Å². The van der Waals surface area contributed by atoms with E-state index in [0.29, 0.717) is 25.4 Å². The molecule has 6 heteroatoms. The molecule has 0 aromatic carbocycles. The Morgan fingerprint density at radius 3 is 2.57 bits per heavy atom. The predicted molar refractivity (Wildman–Crippen MR) is 84.6 cm³/mol. The Balaban J connectivity index is 1.91. The molecule has 1 aromatic rings. The second-order valence-electron chi connectivity index (χ2n) is 5.57. The second-order valence-corrected chi connectivity index (χ2v) is 7.65. The van der Waals surface area contributed by atoms with Gasteiger partial charge in [0.25, 0.3) is 0 Å². The lowest BCUT2D eigenvalue weighted by molar-refractivity contribution is 0.294. The van der Waals surface area contributed by atoms with Gasteiger partial charge in [-0.3, -0.25) is 4.98 Å². The molecule has 0 spiro atoms. The molecule has 0 saturated carbocycles. The fourth-order valence-electron chi connectivity index (χ4n) is 2.72. The smallest absolute Gasteiger partial charge is 0.214 e. The maximum atomic E-state index is 12.5. The third-order valence-electron chi connectivity index (χ3n) is 4.06. The molecule has 0 atom stereocenters. The van der Waals surface area contributed by atoms with Gasteiger partial charge in [-0.15, -0.1) is 0 Å². The van der Waals surface area contributed by atoms with E-state index in [1.807, 2.05) is 19.1 Å². The SMILES string of the molecule is CCN(CC1CCNCC1)S(=O)(=O)CCc1ccncc1. The Labute approximate surface area is 127 Å². The van der Waals surface area contributed by atoms with E-state index in [1.165, 1.54) is 0 Å². The van der Waals surface area contributed by atoms with Crippen molar-refractivity contribution in [2.45, 2.75) is 26.2 Å². The third-order valence-corrected chi connectivity index (χ3v) is 5.98. The third kappa shape index (κ3) is 5.05. The van der Waals surface area contributed by atoms with E-state index < -0.39 is 10.0 Å². The lowest BCUT2D eigenvalue weighted by Gasteiger charge is -2.28. The summed E-state index contributed by atoms with van der Waals surface area (Å²) in [4.78, 5) is 3.95. The number of rotatable bonds is 7. The molecule has 1 N–H and O–H groups in total. The van der Waals surface area contributed by atoms with Crippen LogP contribution in [0.15, 0.2) is 24.5 Å². The molecule has 2 rings (SSSR count). The lowest BCUT2D eigenvalue weighted by Crippen LogP contribution is -2.40. The summed E-state index contributed by atoms with van der Waals surface area (Å²) in [6, 6.07) is 3.75. The van der Waals surface area contributed by atoms with Gasteiger partial charge in [0.2, 0.25) is 10.0 Å². The van der Waals surface area contributed by atoms with Crippen LogP contribution in [0.2, 0.25) is 0 Å². The minimum absolute atomic E-state index is 0.176. The standard InChI is InChI=1S/C15H25N3O2S/c1-2-18(13-15-5-10-17-11-6-15)21(19,20)12-7-14-3-8-16-9-4-14/h3-4,8-9,15,17H,2,5-7,10-13H2,1H3. The van der Waals surface area contributed by atoms with E-state index in [2.05, 4.69) is 10.3 Å². The van der Waals surface area contributed by atoms with Crippen molar-refractivity contribution in [1.29, 1.82) is 0 Å². The molecule has 1 aromatic heterocycles. The number of hydrogen-bond donors (Lipinski definition) is 1. The van der Waals surface area contributed by atoms with Crippen LogP contribution in [0.4, 0.5) is 0 Å². The van der Waals surface area contributed by atoms with E-state index in [4.69, 9.17) is 0 Å². The molecular formula is C15H25N3O2S. The fourth-order valence-corrected chi connectivity index (χ4v) is 4.30. The first-order valence-electron chi connectivity index (χ1n) is 7.69. The summed E-state index contributed by atoms with van der Waals surface area (Å²) in [6.07, 6.45) is 6.09. The van der Waals surface area contributed by atoms with Crippen molar-refractivity contribution in [3.63, 3.8) is 0 Å². The zero-order valence-electron chi connectivity index (χ0n) is 12.7. The Bertz CT molecular complexity index is 513. The molecule has 0 amide bonds. The summed E-state index contributed by atoms with van der Waals surface area (Å²) < 4.78 is 26.7. The summed E-state index contributed by atoms with van der Waals surface area (Å²) in [5, 5.41) is 3.32. The van der Waals surface area contributed by atoms with E-state index in [0.717, 1.165) is 31.5 Å². The highest BCUT2D eigenvalue weighted by molar-refractivity contribution is 7.89. The Morgan fingerprint density at radius 1 is 1.29 bits per heavy atom. The Morgan fingerprint density at radius 2 is 1.95 bits per heavy atom. The summed E-state index contributed by atoms with van der Waals surface area (Å²) in [6.45, 7) is 5.14. The number of aryl methyl sites for hydroxylation is 1. The number of aromatic nitrogens is 1. The number of nitrogens with zero attached hydrogens (tertiary/aromatic N) is 2. The van der Waals surface area contributed by atoms with Gasteiger partial charge in [0, 0.05) is 25.5 Å². The van der Waals surface area contributed by atoms with Gasteiger partial charge in [0.15, 0.2) is 0 Å². The average Bonchev–Trinajstić information content (AvgIpc) is 2.52. The number of piperidine rings is 1. The van der Waals surface area contributed by atoms with E-state index >= 15 is 0 Å². The van der Waals surface area contributed by atoms with Crippen molar-refractivity contribution in [3.8, 4) is 0 Å². The Hall–Kier alpha value is -0.980. The molecule has 0 aliphatic carbocycles. The predicted octanol–water partition coefficient (Wildman–Crippen LogP) is 1.28. The van der Waals surface area contributed by atoms with E-state index in [-0.39, 0.29) is 5.75 Å². The van der Waals surface area contributed by atoms with Crippen molar-refractivity contribution in [2.75, 3.05) is 31.9 Å². The average molecular weight is 311 g/mol. The quantitative estimate of drug-likeness (QED) is 0.824. The molecule has 0 bridgehead atoms. The van der Waals surface area contributed by atoms with Gasteiger partial charge < -0.3 is 5.32 Å². The maximum absolute atomic E-state index is 12.5. The van der Waals surface area contributed by atoms with Crippen LogP contribution < -0.4 is 5.32 Å². The summed E-state index contributed by atoms with van der Waals surface area (Å²) in [7, 11) is -3.18. The van der Waals surface area contributed by atoms with Gasteiger partial charge in [-0.1, -0.05) is 6.92 Å². The van der Waals surface area contributed by atoms with Crippen LogP contribution in [0, 0.1) is 5.92 Å². The van der Waals surface area contributed by atoms with Gasteiger partial charge >= 0.3 is 0 Å². The summed E-state index contributed by atoms with van der Waals surface area (Å²) >= 11 is 0. The van der Waals surface area contributed by atoms with Gasteiger partial charge in [-0.05, 0) is 56.0 Å². The van der Waals surface area contributed by atoms with Crippen LogP contribution in [-0.4, -0.2) is 49.6 Å². The molecule has 0 radical (unpaired) electrons. The van der Waals surface area contributed by atoms with Crippen LogP contribution >= 0.6 is 0 Å². The minimum atomic E-state index is -3.18. The van der Waals surface area contributed by atoms with Crippen LogP contribution in [0.25, 0.3) is 0 Å². The molecule has 1 fully saturated rings. The van der Waals surface area contributed by atoms with Crippen LogP contribution in [0.1, 0.15) is 25.3 Å². The van der Waals surface area contributed by atoms with E-state index in [9.17, 15) is 8.42 Å². The molecule has 1 saturated heterocycles. The fraction of sp³-hybridized carbons (Fsp3) is 0.667. The zero-order valence-corrected chi connectivity index (χ0v) is 13.5. The van der Waals surface area contributed by atoms with Crippen LogP contribution in [0.3, 0.4) is 0 Å². The van der Waals surface area contributed by atoms with Crippen molar-refractivity contribution in [1.82, 2.24) is 14.6 Å². The minimum Gasteiger partial charge on any atom is -0.317 e. The maximum Gasteiger partial charge on any atom is 0.214 e.